The zero-order chi connectivity index (χ0) is 28.2. The third kappa shape index (κ3) is 4.71. The molecule has 1 amide bonds. The second kappa shape index (κ2) is 9.94. The second-order valence-corrected chi connectivity index (χ2v) is 11.6. The van der Waals surface area contributed by atoms with Crippen LogP contribution >= 0.6 is 0 Å². The van der Waals surface area contributed by atoms with E-state index in [0.29, 0.717) is 54.5 Å². The van der Waals surface area contributed by atoms with Crippen LogP contribution in [0.15, 0.2) is 41.5 Å². The Bertz CT molecular complexity index is 1570. The van der Waals surface area contributed by atoms with Gasteiger partial charge in [-0.15, -0.1) is 0 Å². The first kappa shape index (κ1) is 26.3. The van der Waals surface area contributed by atoms with Gasteiger partial charge in [0.25, 0.3) is 5.91 Å². The topological polar surface area (TPSA) is 96.1 Å². The molecule has 3 aliphatic rings. The fraction of sp³-hybridized carbons (Fsp3) is 0.400. The Hall–Kier alpha value is -3.89. The van der Waals surface area contributed by atoms with E-state index in [-0.39, 0.29) is 23.9 Å². The predicted molar refractivity (Wildman–Crippen MR) is 151 cm³/mol. The van der Waals surface area contributed by atoms with Crippen LogP contribution in [0.2, 0.25) is 0 Å². The first-order valence-electron chi connectivity index (χ1n) is 13.5. The Morgan fingerprint density at radius 2 is 2.00 bits per heavy atom. The van der Waals surface area contributed by atoms with Crippen molar-refractivity contribution in [3.05, 3.63) is 70.4 Å². The molecule has 0 fully saturated rings. The Kier molecular flexibility index (Phi) is 6.54. The molecule has 40 heavy (non-hydrogen) atoms. The number of rotatable bonds is 5. The first-order valence-corrected chi connectivity index (χ1v) is 13.5. The summed E-state index contributed by atoms with van der Waals surface area (Å²) >= 11 is 0. The van der Waals surface area contributed by atoms with Gasteiger partial charge in [0.1, 0.15) is 11.5 Å². The summed E-state index contributed by atoms with van der Waals surface area (Å²) in [6, 6.07) is 6.70. The van der Waals surface area contributed by atoms with Crippen molar-refractivity contribution in [2.24, 2.45) is 10.4 Å². The van der Waals surface area contributed by atoms with Crippen LogP contribution < -0.4 is 9.64 Å². The lowest BCUT2D eigenvalue weighted by Crippen LogP contribution is -2.41. The molecule has 2 aliphatic heterocycles. The smallest absolute Gasteiger partial charge is 0.318 e. The number of hydrogen-bond acceptors (Lipinski definition) is 7. The predicted octanol–water partition coefficient (Wildman–Crippen LogP) is 3.80. The highest BCUT2D eigenvalue weighted by Crippen LogP contribution is 2.40. The maximum Gasteiger partial charge on any atom is 0.318 e. The highest BCUT2D eigenvalue weighted by molar-refractivity contribution is 6.08. The highest BCUT2D eigenvalue weighted by atomic mass is 19.1. The number of aliphatic hydroxyl groups is 1. The van der Waals surface area contributed by atoms with Crippen LogP contribution in [-0.2, 0) is 26.0 Å². The number of anilines is 1. The van der Waals surface area contributed by atoms with Crippen LogP contribution in [0.4, 0.5) is 15.9 Å². The van der Waals surface area contributed by atoms with Gasteiger partial charge in [-0.2, -0.15) is 4.98 Å². The molecule has 3 aromatic rings. The molecule has 2 aromatic heterocycles. The van der Waals surface area contributed by atoms with Crippen molar-refractivity contribution in [1.29, 1.82) is 0 Å². The van der Waals surface area contributed by atoms with Gasteiger partial charge < -0.3 is 19.3 Å². The van der Waals surface area contributed by atoms with Crippen LogP contribution in [0.1, 0.15) is 46.7 Å². The zero-order valence-electron chi connectivity index (χ0n) is 23.2. The van der Waals surface area contributed by atoms with Gasteiger partial charge in [0.15, 0.2) is 5.82 Å². The molecule has 0 atom stereocenters. The monoisotopic (exact) mass is 544 g/mol. The Morgan fingerprint density at radius 3 is 2.77 bits per heavy atom. The summed E-state index contributed by atoms with van der Waals surface area (Å²) in [6.45, 7) is 6.29. The molecule has 0 unspecified atom stereocenters. The molecule has 0 saturated carbocycles. The Morgan fingerprint density at radius 1 is 1.18 bits per heavy atom. The van der Waals surface area contributed by atoms with Crippen molar-refractivity contribution in [2.75, 3.05) is 38.7 Å². The minimum atomic E-state index is -0.464. The summed E-state index contributed by atoms with van der Waals surface area (Å²) in [4.78, 5) is 30.4. The summed E-state index contributed by atoms with van der Waals surface area (Å²) in [5, 5.41) is 10.5. The van der Waals surface area contributed by atoms with Gasteiger partial charge in [0.05, 0.1) is 25.1 Å². The number of halogens is 1. The number of amides is 1. The molecule has 1 aliphatic carbocycles. The molecule has 0 spiro atoms. The summed E-state index contributed by atoms with van der Waals surface area (Å²) in [5.41, 5.74) is 6.30. The van der Waals surface area contributed by atoms with E-state index in [4.69, 9.17) is 4.74 Å². The van der Waals surface area contributed by atoms with E-state index in [0.717, 1.165) is 24.1 Å². The summed E-state index contributed by atoms with van der Waals surface area (Å²) in [7, 11) is 3.44. The van der Waals surface area contributed by atoms with E-state index in [1.54, 1.807) is 17.2 Å². The maximum atomic E-state index is 15.2. The van der Waals surface area contributed by atoms with Crippen LogP contribution in [0.5, 0.6) is 6.01 Å². The van der Waals surface area contributed by atoms with E-state index in [1.165, 1.54) is 30.5 Å². The van der Waals surface area contributed by atoms with Crippen LogP contribution in [-0.4, -0.2) is 70.0 Å². The lowest BCUT2D eigenvalue weighted by Gasteiger charge is -2.32. The zero-order valence-corrected chi connectivity index (χ0v) is 23.2. The molecule has 1 aromatic carbocycles. The number of benzene rings is 1. The van der Waals surface area contributed by atoms with E-state index in [2.05, 4.69) is 38.3 Å². The minimum Gasteiger partial charge on any atom is -0.467 e. The normalized spacial score (nSPS) is 19.6. The van der Waals surface area contributed by atoms with E-state index in [1.807, 2.05) is 19.2 Å². The standard InChI is InChI=1S/C30H33FN6O3/c1-30(2)13-18-10-25-28(39)37(8-7-36(25)26(18)14-30)24-12-20(31)11-22(23(24)17-38)19-9-21(16-35(3)15-19)33-27-5-6-32-29(34-27)40-4/h5-6,9-12,38H,7-8,13-17H2,1-4H3. The average Bonchev–Trinajstić information content (AvgIpc) is 3.40. The SMILES string of the molecule is COc1nccc(N=C2C=C(c3cc(F)cc(N4CCn5c(cc6c5CC(C)(C)C6)C4=O)c3CO)CN(C)C2)n1. The first-order chi connectivity index (χ1) is 19.2. The lowest BCUT2D eigenvalue weighted by molar-refractivity contribution is 0.0963. The molecular weight excluding hydrogens is 511 g/mol. The van der Waals surface area contributed by atoms with Crippen molar-refractivity contribution in [3.63, 3.8) is 0 Å². The molecule has 4 heterocycles. The second-order valence-electron chi connectivity index (χ2n) is 11.6. The van der Waals surface area contributed by atoms with Gasteiger partial charge in [-0.1, -0.05) is 13.8 Å². The fourth-order valence-corrected chi connectivity index (χ4v) is 6.24. The molecule has 6 rings (SSSR count). The average molecular weight is 545 g/mol. The number of carbonyl (C=O) groups is 1. The number of fused-ring (bicyclic) bond motifs is 3. The molecule has 1 N–H and O–H groups in total. The third-order valence-electron chi connectivity index (χ3n) is 7.88. The van der Waals surface area contributed by atoms with Crippen LogP contribution in [0.3, 0.4) is 0 Å². The van der Waals surface area contributed by atoms with Crippen molar-refractivity contribution in [1.82, 2.24) is 19.4 Å². The number of aromatic nitrogens is 3. The number of nitrogens with zero attached hydrogens (tertiary/aromatic N) is 6. The number of aliphatic imine (C=N–C) groups is 1. The molecule has 9 nitrogen and oxygen atoms in total. The Labute approximate surface area is 232 Å². The van der Waals surface area contributed by atoms with Crippen molar-refractivity contribution in [2.45, 2.75) is 39.8 Å². The molecule has 208 valence electrons. The summed E-state index contributed by atoms with van der Waals surface area (Å²) in [5.74, 6) is -0.181. The van der Waals surface area contributed by atoms with Gasteiger partial charge in [0.2, 0.25) is 0 Å². The van der Waals surface area contributed by atoms with Crippen LogP contribution in [0, 0.1) is 11.2 Å². The largest absolute Gasteiger partial charge is 0.467 e. The molecule has 10 heteroatoms. The number of hydrogen-bond donors (Lipinski definition) is 1. The van der Waals surface area contributed by atoms with E-state index >= 15 is 4.39 Å². The minimum absolute atomic E-state index is 0.167. The molecular formula is C30H33FN6O3. The quantitative estimate of drug-likeness (QED) is 0.525. The number of ether oxygens (including phenoxy) is 1. The van der Waals surface area contributed by atoms with Crippen molar-refractivity contribution < 1.29 is 19.0 Å². The number of methoxy groups -OCH3 is 1. The number of likely N-dealkylation sites (N-methyl/N-ethyl adjacent to an activating group) is 1. The molecule has 0 saturated heterocycles. The number of carbonyl (C=O) groups excluding carboxylic acids is 1. The van der Waals surface area contributed by atoms with Crippen molar-refractivity contribution in [3.8, 4) is 6.01 Å². The summed E-state index contributed by atoms with van der Waals surface area (Å²) in [6.07, 6.45) is 5.36. The Balaban J connectivity index is 1.38. The fourth-order valence-electron chi connectivity index (χ4n) is 6.24. The van der Waals surface area contributed by atoms with Gasteiger partial charge in [-0.25, -0.2) is 14.4 Å². The third-order valence-corrected chi connectivity index (χ3v) is 7.88. The maximum absolute atomic E-state index is 15.2. The highest BCUT2D eigenvalue weighted by Gasteiger charge is 2.37. The van der Waals surface area contributed by atoms with Crippen LogP contribution in [0.25, 0.3) is 5.57 Å². The molecule has 0 radical (unpaired) electrons. The van der Waals surface area contributed by atoms with Crippen molar-refractivity contribution >= 4 is 28.7 Å². The lowest BCUT2D eigenvalue weighted by atomic mass is 9.90. The molecule has 0 bridgehead atoms. The van der Waals surface area contributed by atoms with Gasteiger partial charge >= 0.3 is 6.01 Å². The van der Waals surface area contributed by atoms with Gasteiger partial charge in [0, 0.05) is 49.7 Å². The van der Waals surface area contributed by atoms with Gasteiger partial charge in [-0.05, 0) is 66.3 Å². The van der Waals surface area contributed by atoms with E-state index in [9.17, 15) is 9.90 Å². The van der Waals surface area contributed by atoms with E-state index < -0.39 is 5.82 Å². The van der Waals surface area contributed by atoms with Gasteiger partial charge in [-0.3, -0.25) is 9.69 Å². The number of aliphatic hydroxyl groups excluding tert-OH is 1. The summed E-state index contributed by atoms with van der Waals surface area (Å²) < 4.78 is 22.4.